The Morgan fingerprint density at radius 2 is 1.64 bits per heavy atom. The minimum Gasteiger partial charge on any atom is -0.508 e. The van der Waals surface area contributed by atoms with E-state index < -0.39 is 35.6 Å². The Morgan fingerprint density at radius 3 is 2.23 bits per heavy atom. The number of amides is 3. The van der Waals surface area contributed by atoms with Crippen LogP contribution in [0.5, 0.6) is 5.75 Å². The molecule has 0 fully saturated rings. The predicted octanol–water partition coefficient (Wildman–Crippen LogP) is 7.95. The number of terminal acetylenes is 1. The number of carbonyl (C=O) groups is 3. The number of benzene rings is 3. The summed E-state index contributed by atoms with van der Waals surface area (Å²) in [5.74, 6) is 1.75. The number of ether oxygens (including phenoxy) is 1. The summed E-state index contributed by atoms with van der Waals surface area (Å²) >= 11 is 6.50. The van der Waals surface area contributed by atoms with Gasteiger partial charge in [-0.3, -0.25) is 9.59 Å². The fourth-order valence-corrected chi connectivity index (χ4v) is 5.46. The molecule has 2 unspecified atom stereocenters. The van der Waals surface area contributed by atoms with Crippen LogP contribution in [0, 0.1) is 19.3 Å². The zero-order valence-corrected chi connectivity index (χ0v) is 28.7. The fraction of sp³-hybridized carbons (Fsp3) is 0.395. The highest BCUT2D eigenvalue weighted by atomic mass is 35.5. The van der Waals surface area contributed by atoms with E-state index in [1.165, 1.54) is 17.0 Å². The molecule has 8 nitrogen and oxygen atoms in total. The molecule has 0 aliphatic carbocycles. The number of nitrogens with zero attached hydrogens (tertiary/aromatic N) is 1. The third-order valence-electron chi connectivity index (χ3n) is 7.57. The van der Waals surface area contributed by atoms with Gasteiger partial charge in [0, 0.05) is 18.5 Å². The van der Waals surface area contributed by atoms with E-state index in [4.69, 9.17) is 22.8 Å². The Morgan fingerprint density at radius 1 is 0.979 bits per heavy atom. The van der Waals surface area contributed by atoms with E-state index in [0.717, 1.165) is 31.2 Å². The van der Waals surface area contributed by atoms with Gasteiger partial charge in [0.25, 0.3) is 5.91 Å². The van der Waals surface area contributed by atoms with Crippen molar-refractivity contribution in [3.05, 3.63) is 94.0 Å². The van der Waals surface area contributed by atoms with E-state index in [-0.39, 0.29) is 18.7 Å². The summed E-state index contributed by atoms with van der Waals surface area (Å²) in [6, 6.07) is 16.5. The molecule has 0 aliphatic rings. The minimum atomic E-state index is -1.09. The minimum absolute atomic E-state index is 0.0763. The quantitative estimate of drug-likeness (QED) is 0.120. The second-order valence-electron chi connectivity index (χ2n) is 12.6. The highest BCUT2D eigenvalue weighted by Gasteiger charge is 2.36. The molecule has 3 N–H and O–H groups in total. The molecule has 3 aromatic carbocycles. The number of hydrogen-bond donors (Lipinski definition) is 3. The number of carbonyl (C=O) groups excluding carboxylic acids is 3. The number of phenolic OH excluding ortho intramolecular Hbond substituents is 1. The lowest BCUT2D eigenvalue weighted by atomic mass is 9.98. The van der Waals surface area contributed by atoms with Crippen molar-refractivity contribution in [1.29, 1.82) is 0 Å². The van der Waals surface area contributed by atoms with E-state index >= 15 is 0 Å². The first-order chi connectivity index (χ1) is 22.3. The van der Waals surface area contributed by atoms with Crippen molar-refractivity contribution in [2.45, 2.75) is 90.8 Å². The van der Waals surface area contributed by atoms with Gasteiger partial charge < -0.3 is 25.4 Å². The number of para-hydroxylation sites is 1. The smallest absolute Gasteiger partial charge is 0.408 e. The summed E-state index contributed by atoms with van der Waals surface area (Å²) in [5.41, 5.74) is 2.29. The molecule has 3 amide bonds. The van der Waals surface area contributed by atoms with Crippen molar-refractivity contribution in [3.8, 4) is 18.1 Å². The van der Waals surface area contributed by atoms with Crippen LogP contribution in [0.4, 0.5) is 10.5 Å². The highest BCUT2D eigenvalue weighted by Crippen LogP contribution is 2.30. The highest BCUT2D eigenvalue weighted by molar-refractivity contribution is 6.34. The first-order valence-electron chi connectivity index (χ1n) is 16.0. The second kappa shape index (κ2) is 17.4. The monoisotopic (exact) mass is 659 g/mol. The van der Waals surface area contributed by atoms with Crippen LogP contribution in [0.1, 0.15) is 88.1 Å². The average Bonchev–Trinajstić information content (AvgIpc) is 3.02. The first-order valence-corrected chi connectivity index (χ1v) is 16.4. The number of anilines is 1. The van der Waals surface area contributed by atoms with Crippen LogP contribution in [-0.4, -0.2) is 46.1 Å². The molecule has 0 saturated carbocycles. The summed E-state index contributed by atoms with van der Waals surface area (Å²) in [5, 5.41) is 16.0. The van der Waals surface area contributed by atoms with Crippen molar-refractivity contribution in [1.82, 2.24) is 10.2 Å². The fourth-order valence-electron chi connectivity index (χ4n) is 5.19. The summed E-state index contributed by atoms with van der Waals surface area (Å²) in [4.78, 5) is 43.7. The predicted molar refractivity (Wildman–Crippen MR) is 187 cm³/mol. The Kier molecular flexibility index (Phi) is 13.7. The van der Waals surface area contributed by atoms with Crippen LogP contribution in [0.2, 0.25) is 5.02 Å². The van der Waals surface area contributed by atoms with Crippen molar-refractivity contribution >= 4 is 35.2 Å². The van der Waals surface area contributed by atoms with Gasteiger partial charge in [-0.15, -0.1) is 6.42 Å². The number of aromatic hydroxyl groups is 1. The third-order valence-corrected chi connectivity index (χ3v) is 7.89. The van der Waals surface area contributed by atoms with E-state index in [1.807, 2.05) is 13.0 Å². The molecule has 3 aromatic rings. The van der Waals surface area contributed by atoms with Crippen molar-refractivity contribution in [2.24, 2.45) is 0 Å². The van der Waals surface area contributed by atoms with Crippen LogP contribution >= 0.6 is 11.6 Å². The van der Waals surface area contributed by atoms with Crippen molar-refractivity contribution in [2.75, 3.05) is 11.9 Å². The van der Waals surface area contributed by atoms with E-state index in [2.05, 4.69) is 23.5 Å². The molecule has 250 valence electrons. The standard InChI is InChI=1S/C38H46ClN3O5/c1-7-9-10-11-12-24-42(36(45)32(40-37(46)47-38(4,5)6)25-28-18-22-30(43)23-19-28)34(29-20-16-27(8-2)17-21-29)35(44)41-33-26(3)14-13-15-31(33)39/h2,13-23,32,34,43H,7,9-12,24-25H2,1,3-6H3,(H,40,46)(H,41,44). The van der Waals surface area contributed by atoms with Gasteiger partial charge >= 0.3 is 6.09 Å². The molecule has 47 heavy (non-hydrogen) atoms. The maximum atomic E-state index is 14.7. The van der Waals surface area contributed by atoms with Gasteiger partial charge in [-0.25, -0.2) is 4.79 Å². The lowest BCUT2D eigenvalue weighted by molar-refractivity contribution is -0.140. The Hall–Kier alpha value is -4.48. The summed E-state index contributed by atoms with van der Waals surface area (Å²) < 4.78 is 5.53. The number of hydrogen-bond acceptors (Lipinski definition) is 5. The third kappa shape index (κ3) is 11.4. The molecule has 3 rings (SSSR count). The Bertz CT molecular complexity index is 1520. The van der Waals surface area contributed by atoms with Gasteiger partial charge in [-0.2, -0.15) is 0 Å². The van der Waals surface area contributed by atoms with E-state index in [1.54, 1.807) is 69.3 Å². The number of phenols is 1. The largest absolute Gasteiger partial charge is 0.508 e. The van der Waals surface area contributed by atoms with Gasteiger partial charge in [0.05, 0.1) is 10.7 Å². The van der Waals surface area contributed by atoms with E-state index in [9.17, 15) is 19.5 Å². The molecule has 0 radical (unpaired) electrons. The molecule has 0 saturated heterocycles. The zero-order chi connectivity index (χ0) is 34.6. The van der Waals surface area contributed by atoms with Crippen molar-refractivity contribution < 1.29 is 24.2 Å². The second-order valence-corrected chi connectivity index (χ2v) is 13.0. The Balaban J connectivity index is 2.11. The Labute approximate surface area is 283 Å². The van der Waals surface area contributed by atoms with Crippen LogP contribution in [0.15, 0.2) is 66.7 Å². The number of aryl methyl sites for hydroxylation is 1. The lowest BCUT2D eigenvalue weighted by Gasteiger charge is -2.35. The topological polar surface area (TPSA) is 108 Å². The maximum absolute atomic E-state index is 14.7. The number of nitrogens with one attached hydrogen (secondary N) is 2. The van der Waals surface area contributed by atoms with Crippen LogP contribution in [0.3, 0.4) is 0 Å². The zero-order valence-electron chi connectivity index (χ0n) is 27.9. The number of unbranched alkanes of at least 4 members (excludes halogenated alkanes) is 4. The van der Waals surface area contributed by atoms with Gasteiger partial charge in [-0.05, 0) is 81.1 Å². The van der Waals surface area contributed by atoms with Crippen LogP contribution in [-0.2, 0) is 20.7 Å². The van der Waals surface area contributed by atoms with Crippen LogP contribution < -0.4 is 10.6 Å². The van der Waals surface area contributed by atoms with Gasteiger partial charge in [0.15, 0.2) is 0 Å². The molecular weight excluding hydrogens is 614 g/mol. The molecular formula is C38H46ClN3O5. The molecule has 0 bridgehead atoms. The SMILES string of the molecule is C#Cc1ccc(C(C(=O)Nc2c(C)cccc2Cl)N(CCCCCCC)C(=O)C(Cc2ccc(O)cc2)NC(=O)OC(C)(C)C)cc1. The van der Waals surface area contributed by atoms with Crippen LogP contribution in [0.25, 0.3) is 0 Å². The lowest BCUT2D eigenvalue weighted by Crippen LogP contribution is -2.53. The number of alkyl carbamates (subject to hydrolysis) is 1. The van der Waals surface area contributed by atoms with Crippen molar-refractivity contribution in [3.63, 3.8) is 0 Å². The molecule has 0 heterocycles. The number of halogens is 1. The van der Waals surface area contributed by atoms with Gasteiger partial charge in [0.1, 0.15) is 23.4 Å². The number of rotatable bonds is 14. The van der Waals surface area contributed by atoms with Gasteiger partial charge in [-0.1, -0.05) is 86.5 Å². The summed E-state index contributed by atoms with van der Waals surface area (Å²) in [6.45, 7) is 9.44. The normalized spacial score (nSPS) is 12.4. The molecule has 0 aromatic heterocycles. The van der Waals surface area contributed by atoms with E-state index in [0.29, 0.717) is 33.8 Å². The molecule has 0 spiro atoms. The molecule has 9 heteroatoms. The first kappa shape index (κ1) is 37.0. The average molecular weight is 660 g/mol. The molecule has 0 aliphatic heterocycles. The molecule has 2 atom stereocenters. The summed E-state index contributed by atoms with van der Waals surface area (Å²) in [7, 11) is 0. The summed E-state index contributed by atoms with van der Waals surface area (Å²) in [6.07, 6.45) is 9.55. The maximum Gasteiger partial charge on any atom is 0.408 e. The van der Waals surface area contributed by atoms with Gasteiger partial charge in [0.2, 0.25) is 5.91 Å².